The molecule has 1 N–H and O–H groups in total. The van der Waals surface area contributed by atoms with Gasteiger partial charge in [0.05, 0.1) is 23.7 Å². The Bertz CT molecular complexity index is 930. The Morgan fingerprint density at radius 2 is 1.77 bits per heavy atom. The molecular weight excluding hydrogens is 374 g/mol. The molecule has 2 heterocycles. The van der Waals surface area contributed by atoms with E-state index in [1.54, 1.807) is 6.20 Å². The van der Waals surface area contributed by atoms with Crippen LogP contribution in [0.25, 0.3) is 0 Å². The summed E-state index contributed by atoms with van der Waals surface area (Å²) in [5.41, 5.74) is 2.06. The van der Waals surface area contributed by atoms with Crippen LogP contribution in [0.1, 0.15) is 78.9 Å². The lowest BCUT2D eigenvalue weighted by molar-refractivity contribution is -0.127. The molecule has 3 aliphatic rings. The Morgan fingerprint density at radius 1 is 1.03 bits per heavy atom. The highest BCUT2D eigenvalue weighted by atomic mass is 16.2. The van der Waals surface area contributed by atoms with E-state index in [0.29, 0.717) is 12.1 Å². The highest BCUT2D eigenvalue weighted by Gasteiger charge is 2.57. The maximum Gasteiger partial charge on any atom is 0.254 e. The molecule has 0 radical (unpaired) electrons. The van der Waals surface area contributed by atoms with E-state index in [1.165, 1.54) is 12.8 Å². The monoisotopic (exact) mass is 403 g/mol. The minimum atomic E-state index is -0.394. The normalized spacial score (nSPS) is 23.0. The molecule has 1 atom stereocenters. The fourth-order valence-electron chi connectivity index (χ4n) is 6.08. The van der Waals surface area contributed by atoms with Crippen LogP contribution in [0.15, 0.2) is 48.7 Å². The second kappa shape index (κ2) is 7.86. The summed E-state index contributed by atoms with van der Waals surface area (Å²) in [5.74, 6) is -0.170. The van der Waals surface area contributed by atoms with Crippen molar-refractivity contribution < 1.29 is 9.59 Å². The number of aromatic nitrogens is 1. The van der Waals surface area contributed by atoms with E-state index in [-0.39, 0.29) is 23.8 Å². The van der Waals surface area contributed by atoms with Gasteiger partial charge in [0, 0.05) is 17.8 Å². The first-order valence-electron chi connectivity index (χ1n) is 11.3. The lowest BCUT2D eigenvalue weighted by atomic mass is 9.70. The SMILES string of the molecule is O=C(NCc1ccccn1)C1c2ccccc2C(=O)N(C2CCCC2)C12CCCC2. The molecule has 2 amide bonds. The van der Waals surface area contributed by atoms with Gasteiger partial charge in [0.1, 0.15) is 0 Å². The number of hydrogen-bond donors (Lipinski definition) is 1. The molecule has 1 spiro atoms. The first-order chi connectivity index (χ1) is 14.7. The lowest BCUT2D eigenvalue weighted by Gasteiger charge is -2.52. The zero-order valence-electron chi connectivity index (χ0n) is 17.3. The lowest BCUT2D eigenvalue weighted by Crippen LogP contribution is -2.63. The van der Waals surface area contributed by atoms with E-state index in [9.17, 15) is 9.59 Å². The number of hydrogen-bond acceptors (Lipinski definition) is 3. The summed E-state index contributed by atoms with van der Waals surface area (Å²) in [5, 5.41) is 3.15. The number of pyridine rings is 1. The summed E-state index contributed by atoms with van der Waals surface area (Å²) in [4.78, 5) is 33.9. The molecule has 1 aliphatic heterocycles. The molecule has 2 aromatic rings. The molecule has 0 saturated heterocycles. The van der Waals surface area contributed by atoms with Gasteiger partial charge in [-0.1, -0.05) is 49.9 Å². The molecule has 2 aliphatic carbocycles. The summed E-state index contributed by atoms with van der Waals surface area (Å²) in [6, 6.07) is 13.8. The molecule has 5 heteroatoms. The van der Waals surface area contributed by atoms with E-state index >= 15 is 0 Å². The summed E-state index contributed by atoms with van der Waals surface area (Å²) in [6.07, 6.45) is 10.2. The van der Waals surface area contributed by atoms with E-state index in [4.69, 9.17) is 0 Å². The minimum absolute atomic E-state index is 0.0190. The average molecular weight is 404 g/mol. The maximum atomic E-state index is 13.7. The zero-order chi connectivity index (χ0) is 20.6. The molecule has 1 aromatic carbocycles. The summed E-state index contributed by atoms with van der Waals surface area (Å²) in [6.45, 7) is 0.409. The molecular formula is C25H29N3O2. The smallest absolute Gasteiger partial charge is 0.254 e. The second-order valence-corrected chi connectivity index (χ2v) is 8.98. The fourth-order valence-corrected chi connectivity index (χ4v) is 6.08. The molecule has 0 bridgehead atoms. The molecule has 30 heavy (non-hydrogen) atoms. The van der Waals surface area contributed by atoms with Crippen molar-refractivity contribution in [3.05, 3.63) is 65.5 Å². The van der Waals surface area contributed by atoms with Crippen LogP contribution in [0.3, 0.4) is 0 Å². The third-order valence-corrected chi connectivity index (χ3v) is 7.33. The molecule has 2 fully saturated rings. The van der Waals surface area contributed by atoms with Crippen LogP contribution in [0.5, 0.6) is 0 Å². The summed E-state index contributed by atoms with van der Waals surface area (Å²) >= 11 is 0. The van der Waals surface area contributed by atoms with Gasteiger partial charge in [-0.2, -0.15) is 0 Å². The zero-order valence-corrected chi connectivity index (χ0v) is 17.3. The third-order valence-electron chi connectivity index (χ3n) is 7.33. The Labute approximate surface area is 177 Å². The number of nitrogens with zero attached hydrogens (tertiary/aromatic N) is 2. The Balaban J connectivity index is 1.55. The highest BCUT2D eigenvalue weighted by molar-refractivity contribution is 6.02. The minimum Gasteiger partial charge on any atom is -0.350 e. The molecule has 156 valence electrons. The second-order valence-electron chi connectivity index (χ2n) is 8.98. The topological polar surface area (TPSA) is 62.3 Å². The van der Waals surface area contributed by atoms with Crippen molar-refractivity contribution in [3.8, 4) is 0 Å². The van der Waals surface area contributed by atoms with Crippen LogP contribution in [0.2, 0.25) is 0 Å². The van der Waals surface area contributed by atoms with Gasteiger partial charge in [-0.3, -0.25) is 14.6 Å². The number of carbonyl (C=O) groups excluding carboxylic acids is 2. The summed E-state index contributed by atoms with van der Waals surface area (Å²) < 4.78 is 0. The van der Waals surface area contributed by atoms with Crippen molar-refractivity contribution in [2.75, 3.05) is 0 Å². The average Bonchev–Trinajstić information content (AvgIpc) is 3.47. The van der Waals surface area contributed by atoms with Crippen molar-refractivity contribution in [1.29, 1.82) is 0 Å². The van der Waals surface area contributed by atoms with Crippen molar-refractivity contribution in [1.82, 2.24) is 15.2 Å². The first-order valence-corrected chi connectivity index (χ1v) is 11.3. The van der Waals surface area contributed by atoms with Gasteiger partial charge in [0.25, 0.3) is 5.91 Å². The largest absolute Gasteiger partial charge is 0.350 e. The Hall–Kier alpha value is -2.69. The maximum absolute atomic E-state index is 13.7. The van der Waals surface area contributed by atoms with E-state index in [2.05, 4.69) is 15.2 Å². The number of nitrogens with one attached hydrogen (secondary N) is 1. The van der Waals surface area contributed by atoms with Crippen molar-refractivity contribution in [2.45, 2.75) is 75.4 Å². The highest BCUT2D eigenvalue weighted by Crippen LogP contribution is 2.52. The molecule has 2 saturated carbocycles. The van der Waals surface area contributed by atoms with E-state index in [0.717, 1.165) is 49.8 Å². The molecule has 5 rings (SSSR count). The van der Waals surface area contributed by atoms with Gasteiger partial charge in [-0.15, -0.1) is 0 Å². The molecule has 1 aromatic heterocycles. The van der Waals surface area contributed by atoms with Gasteiger partial charge in [0.15, 0.2) is 0 Å². The predicted octanol–water partition coefficient (Wildman–Crippen LogP) is 4.19. The van der Waals surface area contributed by atoms with Crippen molar-refractivity contribution in [2.24, 2.45) is 0 Å². The number of amides is 2. The number of carbonyl (C=O) groups is 2. The van der Waals surface area contributed by atoms with Crippen LogP contribution in [0, 0.1) is 0 Å². The third kappa shape index (κ3) is 3.11. The van der Waals surface area contributed by atoms with E-state index < -0.39 is 5.54 Å². The Morgan fingerprint density at radius 3 is 2.50 bits per heavy atom. The number of benzene rings is 1. The van der Waals surface area contributed by atoms with Crippen LogP contribution >= 0.6 is 0 Å². The predicted molar refractivity (Wildman–Crippen MR) is 115 cm³/mol. The standard InChI is InChI=1S/C25H29N3O2/c29-23(27-17-18-9-5-8-16-26-18)22-20-12-3-4-13-21(20)24(30)28(19-10-1-2-11-19)25(22)14-6-7-15-25/h3-5,8-9,12-13,16,19,22H,1-2,6-7,10-11,14-15,17H2,(H,27,29). The van der Waals surface area contributed by atoms with Gasteiger partial charge >= 0.3 is 0 Å². The first kappa shape index (κ1) is 19.3. The van der Waals surface area contributed by atoms with Crippen LogP contribution < -0.4 is 5.32 Å². The van der Waals surface area contributed by atoms with Crippen molar-refractivity contribution >= 4 is 11.8 Å². The van der Waals surface area contributed by atoms with Gasteiger partial charge in [-0.25, -0.2) is 0 Å². The molecule has 1 unspecified atom stereocenters. The van der Waals surface area contributed by atoms with Crippen LogP contribution in [-0.2, 0) is 11.3 Å². The fraction of sp³-hybridized carbons (Fsp3) is 0.480. The van der Waals surface area contributed by atoms with Crippen LogP contribution in [0.4, 0.5) is 0 Å². The van der Waals surface area contributed by atoms with E-state index in [1.807, 2.05) is 42.5 Å². The van der Waals surface area contributed by atoms with Gasteiger partial charge in [-0.05, 0) is 49.4 Å². The molecule has 5 nitrogen and oxygen atoms in total. The van der Waals surface area contributed by atoms with Gasteiger partial charge in [0.2, 0.25) is 5.91 Å². The number of rotatable bonds is 4. The summed E-state index contributed by atoms with van der Waals surface area (Å²) in [7, 11) is 0. The van der Waals surface area contributed by atoms with Crippen molar-refractivity contribution in [3.63, 3.8) is 0 Å². The quantitative estimate of drug-likeness (QED) is 0.832. The number of fused-ring (bicyclic) bond motifs is 1. The van der Waals surface area contributed by atoms with Gasteiger partial charge < -0.3 is 10.2 Å². The van der Waals surface area contributed by atoms with Crippen LogP contribution in [-0.4, -0.2) is 33.3 Å². The Kier molecular flexibility index (Phi) is 5.05.